The van der Waals surface area contributed by atoms with Gasteiger partial charge in [-0.1, -0.05) is 18.2 Å². The SMILES string of the molecule is COc1ccc2c(c1)[C@@]1(CCN(C(=O)c3ccccc3)C1)C(=O)N2C. The first-order valence-electron chi connectivity index (χ1n) is 8.38. The molecule has 1 atom stereocenters. The maximum Gasteiger partial charge on any atom is 0.253 e. The Kier molecular flexibility index (Phi) is 3.53. The number of hydrogen-bond acceptors (Lipinski definition) is 3. The van der Waals surface area contributed by atoms with E-state index in [0.717, 1.165) is 17.0 Å². The third kappa shape index (κ3) is 2.22. The molecule has 1 spiro atoms. The molecule has 25 heavy (non-hydrogen) atoms. The second kappa shape index (κ2) is 5.62. The van der Waals surface area contributed by atoms with Crippen molar-refractivity contribution in [3.05, 3.63) is 59.7 Å². The highest BCUT2D eigenvalue weighted by molar-refractivity contribution is 6.09. The van der Waals surface area contributed by atoms with E-state index in [4.69, 9.17) is 4.74 Å². The molecule has 2 heterocycles. The average molecular weight is 336 g/mol. The van der Waals surface area contributed by atoms with Gasteiger partial charge >= 0.3 is 0 Å². The molecular weight excluding hydrogens is 316 g/mol. The van der Waals surface area contributed by atoms with Crippen molar-refractivity contribution in [1.82, 2.24) is 4.90 Å². The molecule has 0 saturated carbocycles. The Hall–Kier alpha value is -2.82. The Morgan fingerprint density at radius 1 is 1.16 bits per heavy atom. The molecule has 2 aromatic rings. The lowest BCUT2D eigenvalue weighted by Crippen LogP contribution is -2.42. The summed E-state index contributed by atoms with van der Waals surface area (Å²) < 4.78 is 5.35. The number of ether oxygens (including phenoxy) is 1. The number of nitrogens with zero attached hydrogens (tertiary/aromatic N) is 2. The summed E-state index contributed by atoms with van der Waals surface area (Å²) in [5.74, 6) is 0.762. The molecule has 4 rings (SSSR count). The monoisotopic (exact) mass is 336 g/mol. The second-order valence-corrected chi connectivity index (χ2v) is 6.67. The molecule has 2 aromatic carbocycles. The van der Waals surface area contributed by atoms with Crippen LogP contribution in [-0.4, -0.2) is 44.0 Å². The summed E-state index contributed by atoms with van der Waals surface area (Å²) in [7, 11) is 3.42. The minimum absolute atomic E-state index is 0.0238. The molecule has 1 saturated heterocycles. The van der Waals surface area contributed by atoms with Gasteiger partial charge in [0, 0.05) is 31.4 Å². The molecule has 2 aliphatic rings. The Morgan fingerprint density at radius 3 is 2.64 bits per heavy atom. The fourth-order valence-electron chi connectivity index (χ4n) is 4.00. The Bertz CT molecular complexity index is 849. The van der Waals surface area contributed by atoms with Gasteiger partial charge in [-0.15, -0.1) is 0 Å². The van der Waals surface area contributed by atoms with Gasteiger partial charge in [-0.3, -0.25) is 9.59 Å². The number of methoxy groups -OCH3 is 1. The van der Waals surface area contributed by atoms with Gasteiger partial charge in [0.25, 0.3) is 5.91 Å². The minimum atomic E-state index is -0.664. The smallest absolute Gasteiger partial charge is 0.253 e. The van der Waals surface area contributed by atoms with Crippen molar-refractivity contribution in [3.8, 4) is 5.75 Å². The van der Waals surface area contributed by atoms with Crippen LogP contribution < -0.4 is 9.64 Å². The molecular formula is C20H20N2O3. The van der Waals surface area contributed by atoms with Crippen LogP contribution in [0.4, 0.5) is 5.69 Å². The minimum Gasteiger partial charge on any atom is -0.497 e. The van der Waals surface area contributed by atoms with Crippen LogP contribution in [0, 0.1) is 0 Å². The number of amides is 2. The van der Waals surface area contributed by atoms with Crippen LogP contribution in [0.5, 0.6) is 5.75 Å². The van der Waals surface area contributed by atoms with E-state index < -0.39 is 5.41 Å². The topological polar surface area (TPSA) is 49.9 Å². The largest absolute Gasteiger partial charge is 0.497 e. The maximum absolute atomic E-state index is 13.0. The summed E-state index contributed by atoms with van der Waals surface area (Å²) in [5, 5.41) is 0. The molecule has 2 amide bonds. The van der Waals surface area contributed by atoms with E-state index in [-0.39, 0.29) is 11.8 Å². The number of carbonyl (C=O) groups is 2. The molecule has 5 nitrogen and oxygen atoms in total. The lowest BCUT2D eigenvalue weighted by molar-refractivity contribution is -0.122. The second-order valence-electron chi connectivity index (χ2n) is 6.67. The Balaban J connectivity index is 1.70. The summed E-state index contributed by atoms with van der Waals surface area (Å²) in [6.07, 6.45) is 0.634. The van der Waals surface area contributed by atoms with Crippen LogP contribution in [0.25, 0.3) is 0 Å². The molecule has 5 heteroatoms. The molecule has 0 bridgehead atoms. The number of likely N-dealkylation sites (tertiary alicyclic amines) is 1. The average Bonchev–Trinajstić information content (AvgIpc) is 3.19. The first-order valence-corrected chi connectivity index (χ1v) is 8.38. The number of hydrogen-bond donors (Lipinski definition) is 0. The zero-order valence-electron chi connectivity index (χ0n) is 14.4. The van der Waals surface area contributed by atoms with E-state index in [1.807, 2.05) is 48.5 Å². The van der Waals surface area contributed by atoms with Gasteiger partial charge in [-0.2, -0.15) is 0 Å². The van der Waals surface area contributed by atoms with E-state index in [9.17, 15) is 9.59 Å². The van der Waals surface area contributed by atoms with Gasteiger partial charge in [-0.05, 0) is 42.3 Å². The van der Waals surface area contributed by atoms with Crippen molar-refractivity contribution < 1.29 is 14.3 Å². The standard InChI is InChI=1S/C20H20N2O3/c1-21-17-9-8-15(25-2)12-16(17)20(19(21)24)10-11-22(13-20)18(23)14-6-4-3-5-7-14/h3-9,12H,10-11,13H2,1-2H3/t20-/m0/s1. The molecule has 128 valence electrons. The van der Waals surface area contributed by atoms with Crippen LogP contribution in [0.3, 0.4) is 0 Å². The number of likely N-dealkylation sites (N-methyl/N-ethyl adjacent to an activating group) is 1. The van der Waals surface area contributed by atoms with E-state index in [0.29, 0.717) is 25.1 Å². The first kappa shape index (κ1) is 15.7. The summed E-state index contributed by atoms with van der Waals surface area (Å²) in [4.78, 5) is 29.3. The zero-order valence-corrected chi connectivity index (χ0v) is 14.4. The lowest BCUT2D eigenvalue weighted by Gasteiger charge is -2.23. The first-order chi connectivity index (χ1) is 12.1. The van der Waals surface area contributed by atoms with E-state index in [1.54, 1.807) is 24.0 Å². The Morgan fingerprint density at radius 2 is 1.92 bits per heavy atom. The molecule has 0 aromatic heterocycles. The Labute approximate surface area is 146 Å². The molecule has 2 aliphatic heterocycles. The van der Waals surface area contributed by atoms with Gasteiger partial charge in [0.05, 0.1) is 12.5 Å². The quantitative estimate of drug-likeness (QED) is 0.846. The summed E-state index contributed by atoms with van der Waals surface area (Å²) >= 11 is 0. The third-order valence-electron chi connectivity index (χ3n) is 5.37. The van der Waals surface area contributed by atoms with Gasteiger partial charge in [-0.25, -0.2) is 0 Å². The van der Waals surface area contributed by atoms with E-state index in [2.05, 4.69) is 0 Å². The van der Waals surface area contributed by atoms with E-state index >= 15 is 0 Å². The fourth-order valence-corrected chi connectivity index (χ4v) is 4.00. The number of benzene rings is 2. The van der Waals surface area contributed by atoms with Crippen molar-refractivity contribution in [2.75, 3.05) is 32.1 Å². The van der Waals surface area contributed by atoms with Crippen molar-refractivity contribution in [2.45, 2.75) is 11.8 Å². The van der Waals surface area contributed by atoms with Gasteiger partial charge in [0.1, 0.15) is 5.75 Å². The predicted molar refractivity (Wildman–Crippen MR) is 95.0 cm³/mol. The van der Waals surface area contributed by atoms with Crippen molar-refractivity contribution in [2.24, 2.45) is 0 Å². The van der Waals surface area contributed by atoms with Crippen molar-refractivity contribution in [1.29, 1.82) is 0 Å². The summed E-state index contributed by atoms with van der Waals surface area (Å²) in [6.45, 7) is 0.980. The lowest BCUT2D eigenvalue weighted by atomic mass is 9.81. The van der Waals surface area contributed by atoms with Crippen LogP contribution in [-0.2, 0) is 10.2 Å². The van der Waals surface area contributed by atoms with Crippen molar-refractivity contribution in [3.63, 3.8) is 0 Å². The molecule has 0 radical (unpaired) electrons. The van der Waals surface area contributed by atoms with Crippen LogP contribution in [0.2, 0.25) is 0 Å². The molecule has 1 fully saturated rings. The highest BCUT2D eigenvalue weighted by Crippen LogP contribution is 2.48. The fraction of sp³-hybridized carbons (Fsp3) is 0.300. The predicted octanol–water partition coefficient (Wildman–Crippen LogP) is 2.46. The normalized spacial score (nSPS) is 21.8. The third-order valence-corrected chi connectivity index (χ3v) is 5.37. The summed E-state index contributed by atoms with van der Waals surface area (Å²) in [6, 6.07) is 14.9. The number of rotatable bonds is 2. The molecule has 0 unspecified atom stereocenters. The van der Waals surface area contributed by atoms with Crippen LogP contribution in [0.1, 0.15) is 22.3 Å². The maximum atomic E-state index is 13.0. The van der Waals surface area contributed by atoms with Crippen molar-refractivity contribution >= 4 is 17.5 Å². The summed E-state index contributed by atoms with van der Waals surface area (Å²) in [5.41, 5.74) is 1.86. The highest BCUT2D eigenvalue weighted by atomic mass is 16.5. The van der Waals surface area contributed by atoms with E-state index in [1.165, 1.54) is 0 Å². The van der Waals surface area contributed by atoms with Gasteiger partial charge in [0.2, 0.25) is 5.91 Å². The van der Waals surface area contributed by atoms with Gasteiger partial charge in [0.15, 0.2) is 0 Å². The highest BCUT2D eigenvalue weighted by Gasteiger charge is 2.54. The van der Waals surface area contributed by atoms with Gasteiger partial charge < -0.3 is 14.5 Å². The van der Waals surface area contributed by atoms with Crippen LogP contribution in [0.15, 0.2) is 48.5 Å². The van der Waals surface area contributed by atoms with Crippen LogP contribution >= 0.6 is 0 Å². The zero-order chi connectivity index (χ0) is 17.6. The molecule has 0 N–H and O–H groups in total. The number of anilines is 1. The molecule has 0 aliphatic carbocycles. The number of carbonyl (C=O) groups excluding carboxylic acids is 2. The number of fused-ring (bicyclic) bond motifs is 2.